The number of benzene rings is 1. The van der Waals surface area contributed by atoms with Crippen LogP contribution in [0.1, 0.15) is 47.2 Å². The summed E-state index contributed by atoms with van der Waals surface area (Å²) in [5.41, 5.74) is 1.44. The van der Waals surface area contributed by atoms with Gasteiger partial charge in [-0.1, -0.05) is 24.3 Å². The summed E-state index contributed by atoms with van der Waals surface area (Å²) in [6.07, 6.45) is 2.71. The van der Waals surface area contributed by atoms with Crippen LogP contribution in [0.15, 0.2) is 29.6 Å². The second-order valence-corrected chi connectivity index (χ2v) is 7.81. The highest BCUT2D eigenvalue weighted by molar-refractivity contribution is 7.09. The Bertz CT molecular complexity index is 889. The van der Waals surface area contributed by atoms with Crippen LogP contribution in [0.5, 0.6) is 0 Å². The molecule has 134 valence electrons. The number of thiazole rings is 1. The van der Waals surface area contributed by atoms with E-state index in [2.05, 4.69) is 4.98 Å². The van der Waals surface area contributed by atoms with Crippen LogP contribution in [0.4, 0.5) is 4.79 Å². The number of nitrogens with zero attached hydrogens (tertiary/aromatic N) is 2. The normalized spacial score (nSPS) is 27.4. The van der Waals surface area contributed by atoms with Gasteiger partial charge in [0.2, 0.25) is 5.60 Å². The molecule has 3 heterocycles. The van der Waals surface area contributed by atoms with E-state index >= 15 is 0 Å². The Balaban J connectivity index is 1.39. The summed E-state index contributed by atoms with van der Waals surface area (Å²) in [7, 11) is 0. The molecule has 5 rings (SSSR count). The van der Waals surface area contributed by atoms with Crippen molar-refractivity contribution in [2.45, 2.75) is 43.9 Å². The molecule has 3 aliphatic rings. The molecule has 0 N–H and O–H groups in total. The molecule has 2 aliphatic heterocycles. The van der Waals surface area contributed by atoms with Crippen molar-refractivity contribution in [2.75, 3.05) is 6.61 Å². The van der Waals surface area contributed by atoms with E-state index in [9.17, 15) is 9.59 Å². The second kappa shape index (κ2) is 5.89. The van der Waals surface area contributed by atoms with Crippen LogP contribution in [-0.2, 0) is 32.8 Å². The zero-order valence-corrected chi connectivity index (χ0v) is 15.0. The number of hydrogen-bond donors (Lipinski definition) is 0. The summed E-state index contributed by atoms with van der Waals surface area (Å²) in [6.45, 7) is 0.906. The standard InChI is InChI=1S/C19H18N2O4S/c22-17-19(8-7-12-4-1-2-5-14(12)19)25-18(23)21(17)10-13-11-26-16(20-13)15-6-3-9-24-15/h1-2,4-5,11,15H,3,6-10H2/t15-,19-/m1/s1. The number of imide groups is 1. The minimum absolute atomic E-state index is 0.0445. The number of fused-ring (bicyclic) bond motifs is 2. The molecule has 2 atom stereocenters. The van der Waals surface area contributed by atoms with Crippen LogP contribution in [0.3, 0.4) is 0 Å². The molecule has 2 saturated heterocycles. The molecule has 26 heavy (non-hydrogen) atoms. The van der Waals surface area contributed by atoms with Crippen molar-refractivity contribution in [3.63, 3.8) is 0 Å². The van der Waals surface area contributed by atoms with E-state index in [1.54, 1.807) is 0 Å². The summed E-state index contributed by atoms with van der Waals surface area (Å²) in [6, 6.07) is 7.69. The molecule has 6 nitrogen and oxygen atoms in total. The van der Waals surface area contributed by atoms with E-state index in [0.29, 0.717) is 12.1 Å². The topological polar surface area (TPSA) is 68.7 Å². The van der Waals surface area contributed by atoms with Crippen LogP contribution in [-0.4, -0.2) is 28.5 Å². The summed E-state index contributed by atoms with van der Waals surface area (Å²) < 4.78 is 11.3. The number of aryl methyl sites for hydroxylation is 1. The third kappa shape index (κ3) is 2.30. The van der Waals surface area contributed by atoms with Crippen molar-refractivity contribution in [3.05, 3.63) is 51.5 Å². The lowest BCUT2D eigenvalue weighted by molar-refractivity contribution is -0.137. The fourth-order valence-corrected chi connectivity index (χ4v) is 4.96. The van der Waals surface area contributed by atoms with Gasteiger partial charge in [0.05, 0.1) is 12.2 Å². The first kappa shape index (κ1) is 16.0. The lowest BCUT2D eigenvalue weighted by Gasteiger charge is -2.20. The van der Waals surface area contributed by atoms with Crippen LogP contribution in [0.2, 0.25) is 0 Å². The minimum Gasteiger partial charge on any atom is -0.427 e. The summed E-state index contributed by atoms with van der Waals surface area (Å²) >= 11 is 1.52. The van der Waals surface area contributed by atoms with Crippen molar-refractivity contribution in [2.24, 2.45) is 0 Å². The molecule has 2 amide bonds. The fourth-order valence-electron chi connectivity index (χ4n) is 4.07. The average molecular weight is 370 g/mol. The average Bonchev–Trinajstić information content (AvgIpc) is 3.41. The molecular formula is C19H18N2O4S. The molecule has 1 spiro atoms. The van der Waals surface area contributed by atoms with Gasteiger partial charge in [-0.15, -0.1) is 11.3 Å². The van der Waals surface area contributed by atoms with E-state index < -0.39 is 11.7 Å². The number of aromatic nitrogens is 1. The molecule has 0 saturated carbocycles. The van der Waals surface area contributed by atoms with E-state index in [1.165, 1.54) is 16.2 Å². The number of rotatable bonds is 3. The van der Waals surface area contributed by atoms with E-state index in [1.807, 2.05) is 29.6 Å². The van der Waals surface area contributed by atoms with Crippen molar-refractivity contribution in [1.82, 2.24) is 9.88 Å². The SMILES string of the molecule is O=C1O[C@@]2(CCc3ccccc32)C(=O)N1Cc1csc([C@H]2CCCO2)n1. The summed E-state index contributed by atoms with van der Waals surface area (Å²) in [5, 5.41) is 2.81. The lowest BCUT2D eigenvalue weighted by atomic mass is 9.95. The fraction of sp³-hybridized carbons (Fsp3) is 0.421. The first-order chi connectivity index (χ1) is 12.7. The molecule has 1 aromatic carbocycles. The third-order valence-corrected chi connectivity index (χ3v) is 6.35. The number of ether oxygens (including phenoxy) is 2. The Kier molecular flexibility index (Phi) is 3.62. The maximum absolute atomic E-state index is 13.1. The molecule has 0 radical (unpaired) electrons. The van der Waals surface area contributed by atoms with Crippen LogP contribution >= 0.6 is 11.3 Å². The minimum atomic E-state index is -1.15. The van der Waals surface area contributed by atoms with Crippen molar-refractivity contribution < 1.29 is 19.1 Å². The molecular weight excluding hydrogens is 352 g/mol. The predicted octanol–water partition coefficient (Wildman–Crippen LogP) is 3.32. The molecule has 2 aromatic rings. The van der Waals surface area contributed by atoms with Crippen LogP contribution in [0, 0.1) is 0 Å². The van der Waals surface area contributed by atoms with Gasteiger partial charge in [0, 0.05) is 24.0 Å². The molecule has 0 bridgehead atoms. The molecule has 7 heteroatoms. The van der Waals surface area contributed by atoms with Gasteiger partial charge in [0.1, 0.15) is 11.1 Å². The zero-order chi connectivity index (χ0) is 17.7. The van der Waals surface area contributed by atoms with E-state index in [4.69, 9.17) is 9.47 Å². The van der Waals surface area contributed by atoms with E-state index in [-0.39, 0.29) is 18.6 Å². The van der Waals surface area contributed by atoms with Crippen molar-refractivity contribution in [1.29, 1.82) is 0 Å². The van der Waals surface area contributed by atoms with E-state index in [0.717, 1.165) is 42.0 Å². The Labute approximate surface area is 154 Å². The van der Waals surface area contributed by atoms with Crippen LogP contribution in [0.25, 0.3) is 0 Å². The van der Waals surface area contributed by atoms with Crippen molar-refractivity contribution in [3.8, 4) is 0 Å². The van der Waals surface area contributed by atoms with Crippen LogP contribution < -0.4 is 0 Å². The molecule has 1 aromatic heterocycles. The van der Waals surface area contributed by atoms with Gasteiger partial charge in [0.15, 0.2) is 0 Å². The lowest BCUT2D eigenvalue weighted by Crippen LogP contribution is -2.37. The maximum Gasteiger partial charge on any atom is 0.418 e. The highest BCUT2D eigenvalue weighted by Crippen LogP contribution is 2.45. The van der Waals surface area contributed by atoms with Gasteiger partial charge < -0.3 is 9.47 Å². The zero-order valence-electron chi connectivity index (χ0n) is 14.1. The molecule has 0 unspecified atom stereocenters. The highest BCUT2D eigenvalue weighted by atomic mass is 32.1. The Hall–Kier alpha value is -2.25. The summed E-state index contributed by atoms with van der Waals surface area (Å²) in [5.74, 6) is -0.279. The summed E-state index contributed by atoms with van der Waals surface area (Å²) in [4.78, 5) is 31.3. The number of hydrogen-bond acceptors (Lipinski definition) is 6. The quantitative estimate of drug-likeness (QED) is 0.829. The molecule has 1 aliphatic carbocycles. The largest absolute Gasteiger partial charge is 0.427 e. The van der Waals surface area contributed by atoms with Gasteiger partial charge in [0.25, 0.3) is 5.91 Å². The Morgan fingerprint density at radius 2 is 2.19 bits per heavy atom. The maximum atomic E-state index is 13.1. The molecule has 2 fully saturated rings. The van der Waals surface area contributed by atoms with Gasteiger partial charge >= 0.3 is 6.09 Å². The van der Waals surface area contributed by atoms with Gasteiger partial charge in [-0.05, 0) is 24.8 Å². The monoisotopic (exact) mass is 370 g/mol. The van der Waals surface area contributed by atoms with Gasteiger partial charge in [-0.2, -0.15) is 0 Å². The predicted molar refractivity (Wildman–Crippen MR) is 93.5 cm³/mol. The Morgan fingerprint density at radius 3 is 3.04 bits per heavy atom. The van der Waals surface area contributed by atoms with Gasteiger partial charge in [-0.25, -0.2) is 14.7 Å². The third-order valence-electron chi connectivity index (χ3n) is 5.37. The first-order valence-electron chi connectivity index (χ1n) is 8.86. The van der Waals surface area contributed by atoms with Gasteiger partial charge in [-0.3, -0.25) is 4.79 Å². The Morgan fingerprint density at radius 1 is 1.31 bits per heavy atom. The second-order valence-electron chi connectivity index (χ2n) is 6.92. The number of amides is 2. The number of carbonyl (C=O) groups is 2. The number of carbonyl (C=O) groups excluding carboxylic acids is 2. The highest BCUT2D eigenvalue weighted by Gasteiger charge is 2.57. The smallest absolute Gasteiger partial charge is 0.418 e. The van der Waals surface area contributed by atoms with Crippen molar-refractivity contribution >= 4 is 23.3 Å². The first-order valence-corrected chi connectivity index (χ1v) is 9.74.